The number of hydrogen-bond donors (Lipinski definition) is 2. The molecule has 2 heterocycles. The topological polar surface area (TPSA) is 79.3 Å². The van der Waals surface area contributed by atoms with E-state index in [1.165, 1.54) is 22.7 Å². The molecule has 0 saturated heterocycles. The lowest BCUT2D eigenvalue weighted by molar-refractivity contribution is 0.475. The van der Waals surface area contributed by atoms with Gasteiger partial charge in [0.1, 0.15) is 9.96 Å². The molecule has 0 aliphatic carbocycles. The van der Waals surface area contributed by atoms with Crippen LogP contribution in [0.1, 0.15) is 9.88 Å². The maximum Gasteiger partial charge on any atom is 0.250 e. The molecular formula is C16H16N2O3S3. The second kappa shape index (κ2) is 7.02. The SMILES string of the molecule is Cc1ccc(S(=O)(=O)NCCc2nc(-c3ccc(O)cc3)cs2)s1. The van der Waals surface area contributed by atoms with Crippen LogP contribution >= 0.6 is 22.7 Å². The van der Waals surface area contributed by atoms with Gasteiger partial charge in [0.15, 0.2) is 0 Å². The van der Waals surface area contributed by atoms with E-state index < -0.39 is 10.0 Å². The summed E-state index contributed by atoms with van der Waals surface area (Å²) in [6, 6.07) is 10.3. The second-order valence-electron chi connectivity index (χ2n) is 5.19. The van der Waals surface area contributed by atoms with Gasteiger partial charge in [0.2, 0.25) is 10.0 Å². The van der Waals surface area contributed by atoms with E-state index in [0.29, 0.717) is 17.2 Å². The molecule has 8 heteroatoms. The van der Waals surface area contributed by atoms with E-state index in [4.69, 9.17) is 0 Å². The third-order valence-electron chi connectivity index (χ3n) is 3.33. The highest BCUT2D eigenvalue weighted by Crippen LogP contribution is 2.24. The lowest BCUT2D eigenvalue weighted by atomic mass is 10.2. The van der Waals surface area contributed by atoms with E-state index in [9.17, 15) is 13.5 Å². The van der Waals surface area contributed by atoms with Crippen LogP contribution in [0, 0.1) is 6.92 Å². The Labute approximate surface area is 148 Å². The Kier molecular flexibility index (Phi) is 5.00. The van der Waals surface area contributed by atoms with Crippen molar-refractivity contribution >= 4 is 32.7 Å². The molecule has 3 aromatic rings. The number of thiazole rings is 1. The number of aromatic hydroxyl groups is 1. The molecule has 0 radical (unpaired) electrons. The largest absolute Gasteiger partial charge is 0.508 e. The van der Waals surface area contributed by atoms with Crippen molar-refractivity contribution in [1.82, 2.24) is 9.71 Å². The lowest BCUT2D eigenvalue weighted by Gasteiger charge is -2.03. The fourth-order valence-electron chi connectivity index (χ4n) is 2.11. The summed E-state index contributed by atoms with van der Waals surface area (Å²) in [4.78, 5) is 5.48. The second-order valence-corrected chi connectivity index (χ2v) is 9.41. The van der Waals surface area contributed by atoms with Gasteiger partial charge in [-0.1, -0.05) is 0 Å². The van der Waals surface area contributed by atoms with Gasteiger partial charge in [0.05, 0.1) is 10.7 Å². The molecule has 3 rings (SSSR count). The van der Waals surface area contributed by atoms with E-state index in [1.807, 2.05) is 12.3 Å². The van der Waals surface area contributed by atoms with Crippen LogP contribution in [0.3, 0.4) is 0 Å². The van der Waals surface area contributed by atoms with Gasteiger partial charge in [-0.05, 0) is 43.3 Å². The number of rotatable bonds is 6. The van der Waals surface area contributed by atoms with Crippen LogP contribution in [0.2, 0.25) is 0 Å². The number of thiophene rings is 1. The number of phenols is 1. The van der Waals surface area contributed by atoms with Crippen molar-refractivity contribution in [2.75, 3.05) is 6.54 Å². The summed E-state index contributed by atoms with van der Waals surface area (Å²) in [7, 11) is -3.44. The molecule has 0 fully saturated rings. The molecule has 0 aliphatic heterocycles. The molecule has 0 bridgehead atoms. The third-order valence-corrected chi connectivity index (χ3v) is 7.19. The minimum Gasteiger partial charge on any atom is -0.508 e. The summed E-state index contributed by atoms with van der Waals surface area (Å²) in [6.45, 7) is 2.19. The van der Waals surface area contributed by atoms with E-state index in [-0.39, 0.29) is 5.75 Å². The molecule has 0 spiro atoms. The van der Waals surface area contributed by atoms with E-state index >= 15 is 0 Å². The molecule has 0 aliphatic rings. The van der Waals surface area contributed by atoms with Gasteiger partial charge in [-0.2, -0.15) is 0 Å². The van der Waals surface area contributed by atoms with E-state index in [2.05, 4.69) is 9.71 Å². The van der Waals surface area contributed by atoms with Gasteiger partial charge >= 0.3 is 0 Å². The zero-order valence-corrected chi connectivity index (χ0v) is 15.3. The molecule has 0 saturated carbocycles. The summed E-state index contributed by atoms with van der Waals surface area (Å²) in [6.07, 6.45) is 0.534. The summed E-state index contributed by atoms with van der Waals surface area (Å²) in [5, 5.41) is 12.1. The molecule has 0 unspecified atom stereocenters. The summed E-state index contributed by atoms with van der Waals surface area (Å²) >= 11 is 2.75. The van der Waals surface area contributed by atoms with Gasteiger partial charge in [-0.3, -0.25) is 0 Å². The number of sulfonamides is 1. The predicted molar refractivity (Wildman–Crippen MR) is 97.2 cm³/mol. The first-order valence-electron chi connectivity index (χ1n) is 7.24. The fourth-order valence-corrected chi connectivity index (χ4v) is 5.28. The van der Waals surface area contributed by atoms with Crippen LogP contribution in [0.5, 0.6) is 5.75 Å². The van der Waals surface area contributed by atoms with Crippen LogP contribution in [-0.4, -0.2) is 25.1 Å². The molecule has 126 valence electrons. The number of nitrogens with one attached hydrogen (secondary N) is 1. The molecule has 2 N–H and O–H groups in total. The van der Waals surface area contributed by atoms with Crippen molar-refractivity contribution in [3.8, 4) is 17.0 Å². The van der Waals surface area contributed by atoms with E-state index in [0.717, 1.165) is 21.1 Å². The Bertz CT molecular complexity index is 928. The monoisotopic (exact) mass is 380 g/mol. The van der Waals surface area contributed by atoms with Crippen molar-refractivity contribution in [1.29, 1.82) is 0 Å². The van der Waals surface area contributed by atoms with Crippen LogP contribution in [0.15, 0.2) is 46.0 Å². The van der Waals surface area contributed by atoms with Crippen LogP contribution in [-0.2, 0) is 16.4 Å². The number of hydrogen-bond acceptors (Lipinski definition) is 6. The normalized spacial score (nSPS) is 11.7. The number of benzene rings is 1. The minimum atomic E-state index is -3.44. The molecule has 1 aromatic carbocycles. The van der Waals surface area contributed by atoms with Gasteiger partial charge in [-0.15, -0.1) is 22.7 Å². The average Bonchev–Trinajstić information content (AvgIpc) is 3.17. The molecular weight excluding hydrogens is 364 g/mol. The van der Waals surface area contributed by atoms with Crippen LogP contribution in [0.25, 0.3) is 11.3 Å². The zero-order chi connectivity index (χ0) is 17.2. The van der Waals surface area contributed by atoms with Gasteiger partial charge in [-0.25, -0.2) is 18.1 Å². The van der Waals surface area contributed by atoms with Crippen molar-refractivity contribution in [3.63, 3.8) is 0 Å². The maximum absolute atomic E-state index is 12.2. The third kappa shape index (κ3) is 4.02. The molecule has 24 heavy (non-hydrogen) atoms. The summed E-state index contributed by atoms with van der Waals surface area (Å²) in [5.74, 6) is 0.215. The molecule has 0 atom stereocenters. The molecule has 0 amide bonds. The fraction of sp³-hybridized carbons (Fsp3) is 0.188. The van der Waals surface area contributed by atoms with Gasteiger partial charge in [0.25, 0.3) is 0 Å². The quantitative estimate of drug-likeness (QED) is 0.687. The standard InChI is InChI=1S/C16H16N2O3S3/c1-11-2-7-16(23-11)24(20,21)17-9-8-15-18-14(10-22-15)12-3-5-13(19)6-4-12/h2-7,10,17,19H,8-9H2,1H3. The molecule has 2 aromatic heterocycles. The van der Waals surface area contributed by atoms with Crippen molar-refractivity contribution < 1.29 is 13.5 Å². The number of phenolic OH excluding ortho intramolecular Hbond substituents is 1. The molecule has 5 nitrogen and oxygen atoms in total. The van der Waals surface area contributed by atoms with Crippen molar-refractivity contribution in [3.05, 3.63) is 51.7 Å². The van der Waals surface area contributed by atoms with Gasteiger partial charge in [0, 0.05) is 28.8 Å². The van der Waals surface area contributed by atoms with Gasteiger partial charge < -0.3 is 5.11 Å². The Hall–Kier alpha value is -1.74. The zero-order valence-electron chi connectivity index (χ0n) is 12.9. The first-order valence-corrected chi connectivity index (χ1v) is 10.4. The van der Waals surface area contributed by atoms with Crippen LogP contribution in [0.4, 0.5) is 0 Å². The highest BCUT2D eigenvalue weighted by molar-refractivity contribution is 7.91. The highest BCUT2D eigenvalue weighted by atomic mass is 32.2. The maximum atomic E-state index is 12.2. The Morgan fingerprint density at radius 3 is 2.58 bits per heavy atom. The van der Waals surface area contributed by atoms with E-state index in [1.54, 1.807) is 36.4 Å². The average molecular weight is 381 g/mol. The number of nitrogens with zero attached hydrogens (tertiary/aromatic N) is 1. The number of aryl methyl sites for hydroxylation is 1. The lowest BCUT2D eigenvalue weighted by Crippen LogP contribution is -2.25. The van der Waals surface area contributed by atoms with Crippen molar-refractivity contribution in [2.45, 2.75) is 17.6 Å². The van der Waals surface area contributed by atoms with Crippen molar-refractivity contribution in [2.24, 2.45) is 0 Å². The highest BCUT2D eigenvalue weighted by Gasteiger charge is 2.15. The Morgan fingerprint density at radius 2 is 1.92 bits per heavy atom. The summed E-state index contributed by atoms with van der Waals surface area (Å²) < 4.78 is 27.3. The smallest absolute Gasteiger partial charge is 0.250 e. The Morgan fingerprint density at radius 1 is 1.17 bits per heavy atom. The number of aromatic nitrogens is 1. The van der Waals surface area contributed by atoms with Crippen LogP contribution < -0.4 is 4.72 Å². The predicted octanol–water partition coefficient (Wildman–Crippen LogP) is 3.41. The summed E-state index contributed by atoms with van der Waals surface area (Å²) in [5.41, 5.74) is 1.75. The Balaban J connectivity index is 1.61. The minimum absolute atomic E-state index is 0.215. The first-order chi connectivity index (χ1) is 11.4. The first kappa shape index (κ1) is 17.1.